The van der Waals surface area contributed by atoms with E-state index in [9.17, 15) is 0 Å². The Balaban J connectivity index is 1.58. The SMILES string of the molecule is CC(c1ccccc1)n1nnnc1[C@H](N)Cc1ccc2ccccc2c1. The van der Waals surface area contributed by atoms with Crippen molar-refractivity contribution in [2.45, 2.75) is 25.4 Å². The van der Waals surface area contributed by atoms with Gasteiger partial charge in [0.1, 0.15) is 0 Å². The Labute approximate surface area is 152 Å². The Hall–Kier alpha value is -3.05. The third-order valence-electron chi connectivity index (χ3n) is 4.77. The van der Waals surface area contributed by atoms with E-state index in [4.69, 9.17) is 5.73 Å². The number of fused-ring (bicyclic) bond motifs is 1. The number of nitrogens with two attached hydrogens (primary N) is 1. The Morgan fingerprint density at radius 1 is 0.923 bits per heavy atom. The first-order valence-electron chi connectivity index (χ1n) is 8.78. The summed E-state index contributed by atoms with van der Waals surface area (Å²) in [5, 5.41) is 14.7. The molecule has 0 aliphatic carbocycles. The quantitative estimate of drug-likeness (QED) is 0.600. The molecule has 0 saturated heterocycles. The molecule has 2 atom stereocenters. The van der Waals surface area contributed by atoms with Crippen LogP contribution < -0.4 is 5.73 Å². The second-order valence-electron chi connectivity index (χ2n) is 6.56. The molecule has 5 nitrogen and oxygen atoms in total. The van der Waals surface area contributed by atoms with Gasteiger partial charge in [0.15, 0.2) is 5.82 Å². The van der Waals surface area contributed by atoms with E-state index in [1.807, 2.05) is 35.0 Å². The second kappa shape index (κ2) is 7.06. The van der Waals surface area contributed by atoms with Crippen LogP contribution >= 0.6 is 0 Å². The smallest absolute Gasteiger partial charge is 0.168 e. The van der Waals surface area contributed by atoms with E-state index in [-0.39, 0.29) is 12.1 Å². The Morgan fingerprint density at radius 2 is 1.65 bits per heavy atom. The first-order valence-corrected chi connectivity index (χ1v) is 8.78. The van der Waals surface area contributed by atoms with E-state index in [0.29, 0.717) is 12.2 Å². The summed E-state index contributed by atoms with van der Waals surface area (Å²) in [6.07, 6.45) is 0.687. The third kappa shape index (κ3) is 3.21. The van der Waals surface area contributed by atoms with Gasteiger partial charge in [-0.2, -0.15) is 0 Å². The lowest BCUT2D eigenvalue weighted by atomic mass is 10.0. The average molecular weight is 343 g/mol. The van der Waals surface area contributed by atoms with Gasteiger partial charge in [0.2, 0.25) is 0 Å². The van der Waals surface area contributed by atoms with Crippen LogP contribution in [0.25, 0.3) is 10.8 Å². The van der Waals surface area contributed by atoms with Crippen molar-refractivity contribution in [2.75, 3.05) is 0 Å². The number of hydrogen-bond acceptors (Lipinski definition) is 4. The summed E-state index contributed by atoms with van der Waals surface area (Å²) in [5.74, 6) is 0.703. The maximum absolute atomic E-state index is 6.47. The van der Waals surface area contributed by atoms with Crippen LogP contribution in [0.4, 0.5) is 0 Å². The van der Waals surface area contributed by atoms with E-state index in [2.05, 4.69) is 64.9 Å². The lowest BCUT2D eigenvalue weighted by Gasteiger charge is -2.17. The lowest BCUT2D eigenvalue weighted by molar-refractivity contribution is 0.494. The molecule has 0 amide bonds. The van der Waals surface area contributed by atoms with Crippen molar-refractivity contribution in [3.63, 3.8) is 0 Å². The van der Waals surface area contributed by atoms with E-state index in [1.54, 1.807) is 0 Å². The third-order valence-corrected chi connectivity index (χ3v) is 4.77. The molecule has 0 saturated carbocycles. The summed E-state index contributed by atoms with van der Waals surface area (Å²) < 4.78 is 1.82. The van der Waals surface area contributed by atoms with Crippen molar-refractivity contribution >= 4 is 10.8 Å². The highest BCUT2D eigenvalue weighted by atomic mass is 15.6. The van der Waals surface area contributed by atoms with Crippen molar-refractivity contribution in [1.82, 2.24) is 20.2 Å². The highest BCUT2D eigenvalue weighted by molar-refractivity contribution is 5.83. The molecule has 0 spiro atoms. The monoisotopic (exact) mass is 343 g/mol. The highest BCUT2D eigenvalue weighted by Gasteiger charge is 2.20. The van der Waals surface area contributed by atoms with Gasteiger partial charge in [-0.15, -0.1) is 5.10 Å². The minimum Gasteiger partial charge on any atom is -0.321 e. The summed E-state index contributed by atoms with van der Waals surface area (Å²) in [5.41, 5.74) is 8.80. The molecule has 0 aliphatic rings. The maximum Gasteiger partial charge on any atom is 0.168 e. The summed E-state index contributed by atoms with van der Waals surface area (Å²) in [4.78, 5) is 0. The molecule has 26 heavy (non-hydrogen) atoms. The number of benzene rings is 3. The van der Waals surface area contributed by atoms with Gasteiger partial charge < -0.3 is 5.73 Å². The van der Waals surface area contributed by atoms with Gasteiger partial charge in [0.05, 0.1) is 12.1 Å². The molecule has 5 heteroatoms. The molecule has 1 aromatic heterocycles. The molecule has 1 unspecified atom stereocenters. The van der Waals surface area contributed by atoms with Gasteiger partial charge in [0.25, 0.3) is 0 Å². The van der Waals surface area contributed by atoms with Gasteiger partial charge in [0, 0.05) is 0 Å². The fourth-order valence-electron chi connectivity index (χ4n) is 3.30. The zero-order valence-corrected chi connectivity index (χ0v) is 14.7. The number of tetrazole rings is 1. The largest absolute Gasteiger partial charge is 0.321 e. The van der Waals surface area contributed by atoms with Crippen molar-refractivity contribution < 1.29 is 0 Å². The lowest BCUT2D eigenvalue weighted by Crippen LogP contribution is -2.22. The van der Waals surface area contributed by atoms with Crippen LogP contribution in [0.1, 0.15) is 36.0 Å². The van der Waals surface area contributed by atoms with E-state index in [0.717, 1.165) is 5.56 Å². The van der Waals surface area contributed by atoms with E-state index in [1.165, 1.54) is 16.3 Å². The number of hydrogen-bond donors (Lipinski definition) is 1. The minimum absolute atomic E-state index is 0.0313. The summed E-state index contributed by atoms with van der Waals surface area (Å²) >= 11 is 0. The van der Waals surface area contributed by atoms with Crippen molar-refractivity contribution in [1.29, 1.82) is 0 Å². The molecule has 0 fully saturated rings. The Morgan fingerprint density at radius 3 is 2.46 bits per heavy atom. The number of rotatable bonds is 5. The van der Waals surface area contributed by atoms with Crippen LogP contribution in [0.5, 0.6) is 0 Å². The molecular formula is C21H21N5. The van der Waals surface area contributed by atoms with Gasteiger partial charge in [-0.1, -0.05) is 72.8 Å². The first kappa shape index (κ1) is 16.4. The number of nitrogens with zero attached hydrogens (tertiary/aromatic N) is 4. The molecule has 2 N–H and O–H groups in total. The predicted molar refractivity (Wildman–Crippen MR) is 103 cm³/mol. The van der Waals surface area contributed by atoms with Crippen LogP contribution in [0.2, 0.25) is 0 Å². The molecule has 0 bridgehead atoms. The normalized spacial score (nSPS) is 13.6. The second-order valence-corrected chi connectivity index (χ2v) is 6.56. The van der Waals surface area contributed by atoms with Gasteiger partial charge in [-0.3, -0.25) is 0 Å². The van der Waals surface area contributed by atoms with E-state index < -0.39 is 0 Å². The summed E-state index contributed by atoms with van der Waals surface area (Å²) in [6.45, 7) is 2.08. The van der Waals surface area contributed by atoms with Gasteiger partial charge in [-0.25, -0.2) is 4.68 Å². The molecule has 0 radical (unpaired) electrons. The zero-order chi connectivity index (χ0) is 17.9. The van der Waals surface area contributed by atoms with Gasteiger partial charge >= 0.3 is 0 Å². The maximum atomic E-state index is 6.47. The first-order chi connectivity index (χ1) is 12.7. The van der Waals surface area contributed by atoms with Gasteiger partial charge in [-0.05, 0) is 45.7 Å². The standard InChI is InChI=1S/C21H21N5/c1-15(17-7-3-2-4-8-17)26-21(23-24-25-26)20(22)14-16-11-12-18-9-5-6-10-19(18)13-16/h2-13,15,20H,14,22H2,1H3/t15?,20-/m1/s1. The molecule has 4 rings (SSSR count). The highest BCUT2D eigenvalue weighted by Crippen LogP contribution is 2.23. The van der Waals surface area contributed by atoms with E-state index >= 15 is 0 Å². The Kier molecular flexibility index (Phi) is 4.46. The van der Waals surface area contributed by atoms with Crippen LogP contribution in [-0.2, 0) is 6.42 Å². The Bertz CT molecular complexity index is 1010. The summed E-state index contributed by atoms with van der Waals surface area (Å²) in [6, 6.07) is 24.7. The molecule has 3 aromatic carbocycles. The molecule has 0 aliphatic heterocycles. The van der Waals surface area contributed by atoms with Crippen LogP contribution in [-0.4, -0.2) is 20.2 Å². The van der Waals surface area contributed by atoms with Crippen molar-refractivity contribution in [3.05, 3.63) is 89.7 Å². The summed E-state index contributed by atoms with van der Waals surface area (Å²) in [7, 11) is 0. The fourth-order valence-corrected chi connectivity index (χ4v) is 3.30. The minimum atomic E-state index is -0.266. The van der Waals surface area contributed by atoms with Crippen LogP contribution in [0.15, 0.2) is 72.8 Å². The molecule has 130 valence electrons. The van der Waals surface area contributed by atoms with Crippen LogP contribution in [0.3, 0.4) is 0 Å². The topological polar surface area (TPSA) is 69.6 Å². The molecule has 4 aromatic rings. The zero-order valence-electron chi connectivity index (χ0n) is 14.7. The number of aromatic nitrogens is 4. The predicted octanol–water partition coefficient (Wildman–Crippen LogP) is 3.68. The molecular weight excluding hydrogens is 322 g/mol. The van der Waals surface area contributed by atoms with Crippen molar-refractivity contribution in [2.24, 2.45) is 5.73 Å². The van der Waals surface area contributed by atoms with Crippen LogP contribution in [0, 0.1) is 0 Å². The fraction of sp³-hybridized carbons (Fsp3) is 0.190. The average Bonchev–Trinajstić information content (AvgIpc) is 3.18. The van der Waals surface area contributed by atoms with Crippen molar-refractivity contribution in [3.8, 4) is 0 Å². The molecule has 1 heterocycles.